The number of oxazole rings is 1. The molecule has 30 heavy (non-hydrogen) atoms. The van der Waals surface area contributed by atoms with Crippen LogP contribution in [0.25, 0.3) is 22.6 Å². The summed E-state index contributed by atoms with van der Waals surface area (Å²) in [6.07, 6.45) is 1.79. The molecule has 0 aliphatic carbocycles. The summed E-state index contributed by atoms with van der Waals surface area (Å²) in [7, 11) is 1.70. The lowest BCUT2D eigenvalue weighted by molar-refractivity contribution is 0.281. The molecule has 0 saturated carbocycles. The summed E-state index contributed by atoms with van der Waals surface area (Å²) in [6.45, 7) is 2.23. The highest BCUT2D eigenvalue weighted by atomic mass is 28.3. The van der Waals surface area contributed by atoms with Gasteiger partial charge in [0, 0.05) is 12.6 Å². The Bertz CT molecular complexity index is 1230. The molecule has 0 unspecified atom stereocenters. The number of aromatic nitrogens is 4. The standard InChI is InChI=1S/C22H24N4O3Si/c1-14-11-30(12-14,22-25-23-13-26(22)2)17-6-4-5-16(9-17)21-24-18-7-15(10-27)8-19(28-3)20(18)29-21/h4-9,13-14,27H,10-12H2,1-3H3. The van der Waals surface area contributed by atoms with Crippen LogP contribution in [-0.4, -0.2) is 40.0 Å². The van der Waals surface area contributed by atoms with Crippen molar-refractivity contribution in [3.05, 3.63) is 48.3 Å². The van der Waals surface area contributed by atoms with E-state index in [2.05, 4.69) is 44.9 Å². The number of aryl methyl sites for hydroxylation is 1. The molecule has 8 heteroatoms. The smallest absolute Gasteiger partial charge is 0.227 e. The summed E-state index contributed by atoms with van der Waals surface area (Å²) in [5, 5.41) is 19.5. The van der Waals surface area contributed by atoms with Gasteiger partial charge in [0.25, 0.3) is 0 Å². The molecule has 1 aliphatic rings. The van der Waals surface area contributed by atoms with E-state index < -0.39 is 8.07 Å². The van der Waals surface area contributed by atoms with E-state index >= 15 is 0 Å². The van der Waals surface area contributed by atoms with E-state index in [1.807, 2.05) is 19.2 Å². The van der Waals surface area contributed by atoms with Gasteiger partial charge in [-0.05, 0) is 53.0 Å². The fourth-order valence-corrected chi connectivity index (χ4v) is 9.95. The van der Waals surface area contributed by atoms with Gasteiger partial charge in [0.15, 0.2) is 19.4 Å². The van der Waals surface area contributed by atoms with Crippen molar-refractivity contribution in [1.82, 2.24) is 19.7 Å². The van der Waals surface area contributed by atoms with Gasteiger partial charge in [-0.2, -0.15) is 0 Å². The molecule has 1 N–H and O–H groups in total. The number of benzene rings is 2. The molecule has 1 aliphatic heterocycles. The van der Waals surface area contributed by atoms with Crippen LogP contribution in [0.1, 0.15) is 12.5 Å². The summed E-state index contributed by atoms with van der Waals surface area (Å²) < 4.78 is 13.6. The van der Waals surface area contributed by atoms with Crippen molar-refractivity contribution in [3.8, 4) is 17.2 Å². The van der Waals surface area contributed by atoms with Gasteiger partial charge in [0.2, 0.25) is 5.89 Å². The average molecular weight is 421 g/mol. The number of hydrogen-bond acceptors (Lipinski definition) is 6. The van der Waals surface area contributed by atoms with E-state index in [4.69, 9.17) is 9.15 Å². The topological polar surface area (TPSA) is 86.2 Å². The largest absolute Gasteiger partial charge is 0.493 e. The second-order valence-electron chi connectivity index (χ2n) is 8.27. The van der Waals surface area contributed by atoms with Crippen molar-refractivity contribution < 1.29 is 14.3 Å². The van der Waals surface area contributed by atoms with E-state index in [-0.39, 0.29) is 6.61 Å². The Morgan fingerprint density at radius 1 is 1.27 bits per heavy atom. The van der Waals surface area contributed by atoms with Gasteiger partial charge < -0.3 is 18.8 Å². The quantitative estimate of drug-likeness (QED) is 0.499. The predicted molar refractivity (Wildman–Crippen MR) is 117 cm³/mol. The van der Waals surface area contributed by atoms with Gasteiger partial charge in [-0.15, -0.1) is 10.2 Å². The molecule has 2 aromatic carbocycles. The first kappa shape index (κ1) is 19.0. The molecule has 154 valence electrons. The Hall–Kier alpha value is -2.97. The molecule has 0 spiro atoms. The fourth-order valence-electron chi connectivity index (χ4n) is 4.77. The molecule has 3 heterocycles. The number of methoxy groups -OCH3 is 1. The van der Waals surface area contributed by atoms with Crippen LogP contribution in [0.2, 0.25) is 12.1 Å². The Balaban J connectivity index is 1.61. The zero-order chi connectivity index (χ0) is 20.9. The van der Waals surface area contributed by atoms with Gasteiger partial charge in [0.05, 0.1) is 13.7 Å². The maximum atomic E-state index is 9.51. The third kappa shape index (κ3) is 2.86. The summed E-state index contributed by atoms with van der Waals surface area (Å²) in [4.78, 5) is 4.69. The zero-order valence-electron chi connectivity index (χ0n) is 17.3. The third-order valence-electron chi connectivity index (χ3n) is 6.11. The highest BCUT2D eigenvalue weighted by Gasteiger charge is 2.50. The molecule has 0 atom stereocenters. The Kier molecular flexibility index (Phi) is 4.48. The summed E-state index contributed by atoms with van der Waals surface area (Å²) in [6, 6.07) is 14.5. The van der Waals surface area contributed by atoms with Crippen molar-refractivity contribution in [2.24, 2.45) is 13.0 Å². The SMILES string of the molecule is COc1cc(CO)cc2nc(-c3cccc([Si]4(c5nncn5C)CC(C)C4)c3)oc12. The Morgan fingerprint density at radius 2 is 2.10 bits per heavy atom. The lowest BCUT2D eigenvalue weighted by Gasteiger charge is -2.43. The molecular formula is C22H24N4O3Si. The van der Waals surface area contributed by atoms with Crippen molar-refractivity contribution in [2.45, 2.75) is 25.6 Å². The number of aliphatic hydroxyl groups is 1. The second kappa shape index (κ2) is 7.07. The number of fused-ring (bicyclic) bond motifs is 1. The first-order valence-corrected chi connectivity index (χ1v) is 12.5. The molecule has 7 nitrogen and oxygen atoms in total. The third-order valence-corrected chi connectivity index (χ3v) is 11.6. The second-order valence-corrected chi connectivity index (χ2v) is 12.3. The summed E-state index contributed by atoms with van der Waals surface area (Å²) >= 11 is 0. The molecule has 0 bridgehead atoms. The molecule has 1 fully saturated rings. The number of aliphatic hydroxyl groups excluding tert-OH is 1. The van der Waals surface area contributed by atoms with E-state index in [9.17, 15) is 5.11 Å². The first-order chi connectivity index (χ1) is 14.5. The number of hydrogen-bond donors (Lipinski definition) is 1. The monoisotopic (exact) mass is 420 g/mol. The van der Waals surface area contributed by atoms with E-state index in [0.717, 1.165) is 16.6 Å². The van der Waals surface area contributed by atoms with Crippen LogP contribution in [0, 0.1) is 5.92 Å². The van der Waals surface area contributed by atoms with Gasteiger partial charge in [-0.3, -0.25) is 0 Å². The van der Waals surface area contributed by atoms with Crippen LogP contribution in [-0.2, 0) is 13.7 Å². The van der Waals surface area contributed by atoms with Crippen molar-refractivity contribution in [1.29, 1.82) is 0 Å². The van der Waals surface area contributed by atoms with E-state index in [1.54, 1.807) is 19.5 Å². The Labute approximate surface area is 175 Å². The van der Waals surface area contributed by atoms with E-state index in [1.165, 1.54) is 17.3 Å². The highest BCUT2D eigenvalue weighted by molar-refractivity contribution is 7.03. The van der Waals surface area contributed by atoms with Crippen LogP contribution >= 0.6 is 0 Å². The van der Waals surface area contributed by atoms with Crippen LogP contribution < -0.4 is 15.4 Å². The fraction of sp³-hybridized carbons (Fsp3) is 0.318. The minimum absolute atomic E-state index is 0.0754. The maximum Gasteiger partial charge on any atom is 0.227 e. The summed E-state index contributed by atoms with van der Waals surface area (Å²) in [5.41, 5.74) is 4.07. The molecule has 0 radical (unpaired) electrons. The molecule has 5 rings (SSSR count). The molecule has 0 amide bonds. The van der Waals surface area contributed by atoms with Crippen LogP contribution in [0.15, 0.2) is 47.1 Å². The van der Waals surface area contributed by atoms with Gasteiger partial charge in [-0.25, -0.2) is 4.98 Å². The lowest BCUT2D eigenvalue weighted by atomic mass is 10.2. The highest BCUT2D eigenvalue weighted by Crippen LogP contribution is 2.38. The average Bonchev–Trinajstić information content (AvgIpc) is 3.36. The predicted octanol–water partition coefficient (Wildman–Crippen LogP) is 2.34. The van der Waals surface area contributed by atoms with Gasteiger partial charge in [0.1, 0.15) is 17.3 Å². The normalized spacial score (nSPS) is 21.0. The molecule has 2 aromatic heterocycles. The number of rotatable bonds is 5. The van der Waals surface area contributed by atoms with Gasteiger partial charge >= 0.3 is 0 Å². The van der Waals surface area contributed by atoms with Crippen LogP contribution in [0.5, 0.6) is 5.75 Å². The van der Waals surface area contributed by atoms with Crippen LogP contribution in [0.4, 0.5) is 0 Å². The summed E-state index contributed by atoms with van der Waals surface area (Å²) in [5.74, 6) is 1.82. The first-order valence-electron chi connectivity index (χ1n) is 10.1. The van der Waals surface area contributed by atoms with Crippen molar-refractivity contribution >= 4 is 29.8 Å². The van der Waals surface area contributed by atoms with Crippen molar-refractivity contribution in [2.75, 3.05) is 7.11 Å². The van der Waals surface area contributed by atoms with Crippen molar-refractivity contribution in [3.63, 3.8) is 0 Å². The van der Waals surface area contributed by atoms with Crippen LogP contribution in [0.3, 0.4) is 0 Å². The molecule has 4 aromatic rings. The zero-order valence-corrected chi connectivity index (χ0v) is 18.3. The van der Waals surface area contributed by atoms with Gasteiger partial charge in [-0.1, -0.05) is 19.1 Å². The molecule has 1 saturated heterocycles. The minimum atomic E-state index is -1.92. The number of ether oxygens (including phenoxy) is 1. The Morgan fingerprint density at radius 3 is 2.77 bits per heavy atom. The number of nitrogens with zero attached hydrogens (tertiary/aromatic N) is 4. The lowest BCUT2D eigenvalue weighted by Crippen LogP contribution is -2.68. The maximum absolute atomic E-state index is 9.51. The minimum Gasteiger partial charge on any atom is -0.493 e. The molecular weight excluding hydrogens is 396 g/mol. The van der Waals surface area contributed by atoms with E-state index in [0.29, 0.717) is 28.7 Å².